The molecule has 8 heteroatoms. The molecule has 0 saturated heterocycles. The fraction of sp³-hybridized carbons (Fsp3) is 0.133. The number of amides is 1. The lowest BCUT2D eigenvalue weighted by molar-refractivity contribution is 0.0603. The number of nitrogens with zero attached hydrogens (tertiary/aromatic N) is 2. The number of methoxy groups -OCH3 is 1. The molecule has 190 valence electrons. The summed E-state index contributed by atoms with van der Waals surface area (Å²) < 4.78 is 35.1. The number of carbonyl (C=O) groups is 2. The fourth-order valence-corrected chi connectivity index (χ4v) is 6.95. The molecule has 0 atom stereocenters. The van der Waals surface area contributed by atoms with Gasteiger partial charge in [-0.3, -0.25) is 4.79 Å². The lowest BCUT2D eigenvalue weighted by atomic mass is 9.88. The first-order valence-corrected chi connectivity index (χ1v) is 13.5. The first-order chi connectivity index (χ1) is 18.3. The van der Waals surface area contributed by atoms with Crippen LogP contribution in [-0.2, 0) is 21.3 Å². The number of benzene rings is 4. The van der Waals surface area contributed by atoms with E-state index in [0.717, 1.165) is 5.56 Å². The Kier molecular flexibility index (Phi) is 5.39. The predicted octanol–water partition coefficient (Wildman–Crippen LogP) is 5.38. The van der Waals surface area contributed by atoms with Crippen LogP contribution in [-0.4, -0.2) is 43.3 Å². The van der Waals surface area contributed by atoms with E-state index in [9.17, 15) is 18.0 Å². The number of fused-ring (bicyclic) bond motifs is 5. The van der Waals surface area contributed by atoms with Gasteiger partial charge in [-0.05, 0) is 36.2 Å². The molecular formula is C30H24N2O5S. The van der Waals surface area contributed by atoms with Gasteiger partial charge in [-0.25, -0.2) is 17.2 Å². The predicted molar refractivity (Wildman–Crippen MR) is 146 cm³/mol. The second kappa shape index (κ2) is 8.56. The highest BCUT2D eigenvalue weighted by molar-refractivity contribution is 7.90. The number of para-hydroxylation sites is 1. The van der Waals surface area contributed by atoms with E-state index in [4.69, 9.17) is 4.74 Å². The summed E-state index contributed by atoms with van der Waals surface area (Å²) >= 11 is 0. The van der Waals surface area contributed by atoms with Crippen molar-refractivity contribution in [2.24, 2.45) is 0 Å². The van der Waals surface area contributed by atoms with E-state index in [1.165, 1.54) is 11.1 Å². The third-order valence-corrected chi connectivity index (χ3v) is 8.87. The van der Waals surface area contributed by atoms with Gasteiger partial charge in [0.05, 0.1) is 34.2 Å². The van der Waals surface area contributed by atoms with Crippen LogP contribution in [0.15, 0.2) is 83.8 Å². The SMILES string of the molecule is COC(=O)c1c(-c2ccccc2)c2c(c3c4ccccc4n(S(=O)(=O)c4ccc(C)cc4)c13)C(=O)N(C)C2. The van der Waals surface area contributed by atoms with Gasteiger partial charge in [0.1, 0.15) is 0 Å². The molecule has 4 aromatic carbocycles. The average molecular weight is 525 g/mol. The summed E-state index contributed by atoms with van der Waals surface area (Å²) in [5.41, 5.74) is 3.82. The highest BCUT2D eigenvalue weighted by Gasteiger charge is 2.38. The van der Waals surface area contributed by atoms with E-state index >= 15 is 0 Å². The van der Waals surface area contributed by atoms with E-state index in [0.29, 0.717) is 38.5 Å². The topological polar surface area (TPSA) is 85.7 Å². The third kappa shape index (κ3) is 3.30. The van der Waals surface area contributed by atoms with E-state index in [-0.39, 0.29) is 28.4 Å². The summed E-state index contributed by atoms with van der Waals surface area (Å²) in [7, 11) is -1.22. The molecule has 1 aromatic heterocycles. The first kappa shape index (κ1) is 23.9. The number of rotatable bonds is 4. The molecule has 6 rings (SSSR count). The van der Waals surface area contributed by atoms with Gasteiger partial charge in [0.2, 0.25) is 0 Å². The van der Waals surface area contributed by atoms with Crippen molar-refractivity contribution in [1.29, 1.82) is 0 Å². The van der Waals surface area contributed by atoms with Crippen LogP contribution in [0, 0.1) is 6.92 Å². The normalized spacial score (nSPS) is 13.3. The summed E-state index contributed by atoms with van der Waals surface area (Å²) in [5, 5.41) is 1.00. The van der Waals surface area contributed by atoms with Crippen molar-refractivity contribution in [3.63, 3.8) is 0 Å². The number of esters is 1. The Balaban J connectivity index is 1.91. The van der Waals surface area contributed by atoms with E-state index in [1.807, 2.05) is 37.3 Å². The average Bonchev–Trinajstić information content (AvgIpc) is 3.42. The number of aromatic nitrogens is 1. The van der Waals surface area contributed by atoms with Gasteiger partial charge in [-0.2, -0.15) is 0 Å². The van der Waals surface area contributed by atoms with Crippen LogP contribution >= 0.6 is 0 Å². The molecule has 1 amide bonds. The van der Waals surface area contributed by atoms with Crippen molar-refractivity contribution < 1.29 is 22.7 Å². The number of aryl methyl sites for hydroxylation is 1. The van der Waals surface area contributed by atoms with Crippen LogP contribution in [0.4, 0.5) is 0 Å². The maximum atomic E-state index is 14.3. The second-order valence-corrected chi connectivity index (χ2v) is 11.2. The molecule has 0 radical (unpaired) electrons. The van der Waals surface area contributed by atoms with E-state index in [2.05, 4.69) is 0 Å². The number of hydrogen-bond acceptors (Lipinski definition) is 5. The van der Waals surface area contributed by atoms with Crippen molar-refractivity contribution in [2.45, 2.75) is 18.4 Å². The Hall–Kier alpha value is -4.43. The smallest absolute Gasteiger partial charge is 0.340 e. The largest absolute Gasteiger partial charge is 0.465 e. The first-order valence-electron chi connectivity index (χ1n) is 12.1. The molecule has 2 heterocycles. The molecule has 0 saturated carbocycles. The Morgan fingerprint density at radius 2 is 1.55 bits per heavy atom. The molecule has 38 heavy (non-hydrogen) atoms. The van der Waals surface area contributed by atoms with Crippen LogP contribution in [0.2, 0.25) is 0 Å². The summed E-state index contributed by atoms with van der Waals surface area (Å²) in [5.74, 6) is -0.906. The van der Waals surface area contributed by atoms with Crippen LogP contribution in [0.3, 0.4) is 0 Å². The lowest BCUT2D eigenvalue weighted by Crippen LogP contribution is -2.18. The lowest BCUT2D eigenvalue weighted by Gasteiger charge is -2.17. The maximum Gasteiger partial charge on any atom is 0.340 e. The van der Waals surface area contributed by atoms with Crippen molar-refractivity contribution in [3.05, 3.63) is 101 Å². The van der Waals surface area contributed by atoms with Gasteiger partial charge >= 0.3 is 5.97 Å². The molecule has 0 unspecified atom stereocenters. The fourth-order valence-electron chi connectivity index (χ4n) is 5.42. The molecule has 1 aliphatic rings. The van der Waals surface area contributed by atoms with Crippen molar-refractivity contribution in [3.8, 4) is 11.1 Å². The van der Waals surface area contributed by atoms with Gasteiger partial charge in [0, 0.05) is 29.9 Å². The Bertz CT molecular complexity index is 1890. The highest BCUT2D eigenvalue weighted by atomic mass is 32.2. The summed E-state index contributed by atoms with van der Waals surface area (Å²) in [4.78, 5) is 28.9. The summed E-state index contributed by atoms with van der Waals surface area (Å²) in [6.07, 6.45) is 0. The zero-order valence-electron chi connectivity index (χ0n) is 21.1. The van der Waals surface area contributed by atoms with E-state index in [1.54, 1.807) is 60.5 Å². The van der Waals surface area contributed by atoms with Crippen molar-refractivity contribution in [1.82, 2.24) is 8.87 Å². The molecule has 1 aliphatic heterocycles. The Morgan fingerprint density at radius 1 is 0.895 bits per heavy atom. The molecule has 0 aliphatic carbocycles. The van der Waals surface area contributed by atoms with Crippen LogP contribution in [0.25, 0.3) is 32.9 Å². The monoisotopic (exact) mass is 524 g/mol. The Morgan fingerprint density at radius 3 is 2.24 bits per heavy atom. The minimum Gasteiger partial charge on any atom is -0.465 e. The Labute approximate surface area is 219 Å². The summed E-state index contributed by atoms with van der Waals surface area (Å²) in [6, 6.07) is 22.8. The van der Waals surface area contributed by atoms with Gasteiger partial charge < -0.3 is 9.64 Å². The molecule has 0 spiro atoms. The summed E-state index contributed by atoms with van der Waals surface area (Å²) in [6.45, 7) is 2.16. The molecule has 7 nitrogen and oxygen atoms in total. The number of carbonyl (C=O) groups excluding carboxylic acids is 2. The molecule has 0 bridgehead atoms. The highest BCUT2D eigenvalue weighted by Crippen LogP contribution is 2.46. The van der Waals surface area contributed by atoms with Crippen molar-refractivity contribution in [2.75, 3.05) is 14.2 Å². The minimum absolute atomic E-state index is 0.0757. The third-order valence-electron chi connectivity index (χ3n) is 7.14. The van der Waals surface area contributed by atoms with Gasteiger partial charge in [-0.15, -0.1) is 0 Å². The van der Waals surface area contributed by atoms with Crippen LogP contribution in [0.5, 0.6) is 0 Å². The van der Waals surface area contributed by atoms with Gasteiger partial charge in [-0.1, -0.05) is 66.2 Å². The molecule has 5 aromatic rings. The second-order valence-electron chi connectivity index (χ2n) is 9.45. The molecule has 0 fully saturated rings. The zero-order chi connectivity index (χ0) is 26.8. The maximum absolute atomic E-state index is 14.3. The van der Waals surface area contributed by atoms with Crippen LogP contribution < -0.4 is 0 Å². The number of ether oxygens (including phenoxy) is 1. The quantitative estimate of drug-likeness (QED) is 0.295. The van der Waals surface area contributed by atoms with Gasteiger partial charge in [0.25, 0.3) is 15.9 Å². The van der Waals surface area contributed by atoms with Crippen molar-refractivity contribution >= 4 is 43.7 Å². The van der Waals surface area contributed by atoms with E-state index < -0.39 is 16.0 Å². The minimum atomic E-state index is -4.19. The molecular weight excluding hydrogens is 500 g/mol. The van der Waals surface area contributed by atoms with Gasteiger partial charge in [0.15, 0.2) is 0 Å². The standard InChI is InChI=1S/C30H24N2O5S/c1-18-13-15-20(16-14-18)38(35,36)32-23-12-8-7-11-21(23)25-26-22(17-31(2)29(26)33)24(19-9-5-4-6-10-19)27(28(25)32)30(34)37-3/h4-16H,17H2,1-3H3. The zero-order valence-corrected chi connectivity index (χ0v) is 21.9. The number of hydrogen-bond donors (Lipinski definition) is 0. The van der Waals surface area contributed by atoms with Crippen LogP contribution in [0.1, 0.15) is 31.8 Å². The molecule has 0 N–H and O–H groups in total.